The Morgan fingerprint density at radius 3 is 0.787 bits per heavy atom. The van der Waals surface area contributed by atoms with Crippen molar-refractivity contribution in [3.63, 3.8) is 0 Å². The van der Waals surface area contributed by atoms with E-state index in [2.05, 4.69) is 69.4 Å². The first-order valence-electron chi connectivity index (χ1n) is 33.1. The first kappa shape index (κ1) is 72.4. The quantitative estimate of drug-likeness (QED) is 0.0261. The summed E-state index contributed by atoms with van der Waals surface area (Å²) in [5.41, 5.74) is 0. The van der Waals surface area contributed by atoms with Gasteiger partial charge < -0.3 is 14.2 Å². The molecule has 6 nitrogen and oxygen atoms in total. The van der Waals surface area contributed by atoms with Crippen LogP contribution in [0.2, 0.25) is 0 Å². The molecule has 0 bridgehead atoms. The largest absolute Gasteiger partial charge is 0.462 e. The van der Waals surface area contributed by atoms with Gasteiger partial charge in [0.2, 0.25) is 0 Å². The third-order valence-corrected chi connectivity index (χ3v) is 14.8. The lowest BCUT2D eigenvalue weighted by Gasteiger charge is -2.18. The van der Waals surface area contributed by atoms with E-state index in [0.29, 0.717) is 19.3 Å². The van der Waals surface area contributed by atoms with Crippen LogP contribution in [0.1, 0.15) is 355 Å². The predicted molar refractivity (Wildman–Crippen MR) is 325 cm³/mol. The zero-order valence-electron chi connectivity index (χ0n) is 50.3. The molecule has 0 saturated carbocycles. The minimum absolute atomic E-state index is 0.0777. The van der Waals surface area contributed by atoms with Gasteiger partial charge in [-0.25, -0.2) is 0 Å². The van der Waals surface area contributed by atoms with Crippen LogP contribution in [-0.2, 0) is 28.6 Å². The fourth-order valence-electron chi connectivity index (χ4n) is 9.80. The fourth-order valence-corrected chi connectivity index (χ4v) is 9.80. The van der Waals surface area contributed by atoms with E-state index in [4.69, 9.17) is 14.2 Å². The number of rotatable bonds is 61. The van der Waals surface area contributed by atoms with E-state index in [1.165, 1.54) is 231 Å². The Hall–Kier alpha value is -2.63. The molecule has 1 unspecified atom stereocenters. The van der Waals surface area contributed by atoms with E-state index in [0.717, 1.165) is 83.5 Å². The number of hydrogen-bond acceptors (Lipinski definition) is 6. The Bertz CT molecular complexity index is 1300. The molecule has 0 aliphatic rings. The zero-order valence-corrected chi connectivity index (χ0v) is 50.3. The van der Waals surface area contributed by atoms with Crippen molar-refractivity contribution in [2.24, 2.45) is 0 Å². The van der Waals surface area contributed by atoms with Crippen LogP contribution in [0.15, 0.2) is 48.6 Å². The van der Waals surface area contributed by atoms with Crippen LogP contribution in [0.5, 0.6) is 0 Å². The van der Waals surface area contributed by atoms with Crippen molar-refractivity contribution in [2.45, 2.75) is 361 Å². The van der Waals surface area contributed by atoms with Gasteiger partial charge in [0.1, 0.15) is 13.2 Å². The van der Waals surface area contributed by atoms with Crippen LogP contribution in [0, 0.1) is 0 Å². The summed E-state index contributed by atoms with van der Waals surface area (Å²) in [5, 5.41) is 0. The SMILES string of the molecule is CCCCC/C=C\CCCCCCCC(=O)OCC(COC(=O)CCCCCCCCCCCCCCCCCCCCCCCCCC)OC(=O)CCCCCCCC/C=C\C/C=C\C/C=C\CCCCCCC. The number of ether oxygens (including phenoxy) is 3. The molecular weight excluding hydrogens is 925 g/mol. The average molecular weight is 1050 g/mol. The highest BCUT2D eigenvalue weighted by atomic mass is 16.6. The molecule has 0 fully saturated rings. The summed E-state index contributed by atoms with van der Waals surface area (Å²) in [6, 6.07) is 0. The van der Waals surface area contributed by atoms with Crippen LogP contribution in [-0.4, -0.2) is 37.2 Å². The minimum Gasteiger partial charge on any atom is -0.462 e. The Kier molecular flexibility index (Phi) is 61.7. The molecule has 438 valence electrons. The molecule has 1 atom stereocenters. The van der Waals surface area contributed by atoms with Crippen LogP contribution >= 0.6 is 0 Å². The molecule has 0 radical (unpaired) electrons. The number of esters is 3. The maximum atomic E-state index is 12.9. The lowest BCUT2D eigenvalue weighted by atomic mass is 10.0. The molecule has 75 heavy (non-hydrogen) atoms. The highest BCUT2D eigenvalue weighted by molar-refractivity contribution is 5.71. The van der Waals surface area contributed by atoms with E-state index in [-0.39, 0.29) is 31.1 Å². The molecule has 0 N–H and O–H groups in total. The maximum Gasteiger partial charge on any atom is 0.306 e. The van der Waals surface area contributed by atoms with E-state index in [1.54, 1.807) is 0 Å². The van der Waals surface area contributed by atoms with E-state index < -0.39 is 6.10 Å². The second-order valence-electron chi connectivity index (χ2n) is 22.4. The molecule has 0 aromatic heterocycles. The summed E-state index contributed by atoms with van der Waals surface area (Å²) >= 11 is 0. The van der Waals surface area contributed by atoms with Crippen molar-refractivity contribution in [2.75, 3.05) is 13.2 Å². The smallest absolute Gasteiger partial charge is 0.306 e. The summed E-state index contributed by atoms with van der Waals surface area (Å²) in [4.78, 5) is 38.3. The lowest BCUT2D eigenvalue weighted by Crippen LogP contribution is -2.30. The van der Waals surface area contributed by atoms with Crippen LogP contribution in [0.3, 0.4) is 0 Å². The third-order valence-electron chi connectivity index (χ3n) is 14.8. The van der Waals surface area contributed by atoms with Gasteiger partial charge in [0.25, 0.3) is 0 Å². The summed E-state index contributed by atoms with van der Waals surface area (Å²) in [7, 11) is 0. The van der Waals surface area contributed by atoms with Gasteiger partial charge >= 0.3 is 17.9 Å². The molecule has 0 aromatic carbocycles. The standard InChI is InChI=1S/C69H126O6/c1-4-7-10-13-16-19-22-25-27-29-31-33-34-35-37-38-40-42-44-47-50-53-56-59-62-68(71)74-65-66(64-73-67(70)61-58-55-52-49-46-24-21-18-15-12-9-6-3)75-69(72)63-60-57-54-51-48-45-43-41-39-36-32-30-28-26-23-20-17-14-11-8-5-2/h18,21,23,26,30,32,39,41,66H,4-17,19-20,22,24-25,27-29,31,33-38,40,42-65H2,1-3H3/b21-18-,26-23-,32-30-,41-39-. The molecular formula is C69H126O6. The van der Waals surface area contributed by atoms with Gasteiger partial charge in [-0.1, -0.05) is 301 Å². The Labute approximate surface area is 467 Å². The van der Waals surface area contributed by atoms with Gasteiger partial charge in [-0.3, -0.25) is 14.4 Å². The molecule has 0 amide bonds. The van der Waals surface area contributed by atoms with Gasteiger partial charge in [0.05, 0.1) is 0 Å². The first-order valence-corrected chi connectivity index (χ1v) is 33.1. The Balaban J connectivity index is 4.27. The zero-order chi connectivity index (χ0) is 54.3. The van der Waals surface area contributed by atoms with E-state index in [9.17, 15) is 14.4 Å². The molecule has 0 aliphatic heterocycles. The van der Waals surface area contributed by atoms with Crippen molar-refractivity contribution >= 4 is 17.9 Å². The topological polar surface area (TPSA) is 78.9 Å². The molecule has 0 saturated heterocycles. The third kappa shape index (κ3) is 62.1. The van der Waals surface area contributed by atoms with Crippen molar-refractivity contribution in [3.05, 3.63) is 48.6 Å². The molecule has 0 heterocycles. The normalized spacial score (nSPS) is 12.3. The second-order valence-corrected chi connectivity index (χ2v) is 22.4. The van der Waals surface area contributed by atoms with E-state index in [1.807, 2.05) is 0 Å². The molecule has 6 heteroatoms. The van der Waals surface area contributed by atoms with Crippen molar-refractivity contribution in [3.8, 4) is 0 Å². The summed E-state index contributed by atoms with van der Waals surface area (Å²) in [6.45, 7) is 6.64. The van der Waals surface area contributed by atoms with Crippen molar-refractivity contribution in [1.82, 2.24) is 0 Å². The average Bonchev–Trinajstić information content (AvgIpc) is 3.41. The minimum atomic E-state index is -0.782. The number of hydrogen-bond donors (Lipinski definition) is 0. The Morgan fingerprint density at radius 2 is 0.480 bits per heavy atom. The summed E-state index contributed by atoms with van der Waals surface area (Å²) < 4.78 is 16.9. The molecule has 0 rings (SSSR count). The van der Waals surface area contributed by atoms with E-state index >= 15 is 0 Å². The van der Waals surface area contributed by atoms with Gasteiger partial charge in [-0.05, 0) is 83.5 Å². The van der Waals surface area contributed by atoms with Gasteiger partial charge in [-0.15, -0.1) is 0 Å². The number of unbranched alkanes of at least 4 members (excludes halogenated alkanes) is 42. The second kappa shape index (κ2) is 63.9. The summed E-state index contributed by atoms with van der Waals surface area (Å²) in [5.74, 6) is -0.879. The monoisotopic (exact) mass is 1050 g/mol. The van der Waals surface area contributed by atoms with Crippen molar-refractivity contribution < 1.29 is 28.6 Å². The van der Waals surface area contributed by atoms with Crippen LogP contribution in [0.25, 0.3) is 0 Å². The van der Waals surface area contributed by atoms with Gasteiger partial charge in [-0.2, -0.15) is 0 Å². The van der Waals surface area contributed by atoms with Crippen LogP contribution in [0.4, 0.5) is 0 Å². The van der Waals surface area contributed by atoms with Crippen molar-refractivity contribution in [1.29, 1.82) is 0 Å². The van der Waals surface area contributed by atoms with Gasteiger partial charge in [0, 0.05) is 19.3 Å². The molecule has 0 spiro atoms. The molecule has 0 aliphatic carbocycles. The van der Waals surface area contributed by atoms with Gasteiger partial charge in [0.15, 0.2) is 6.10 Å². The number of carbonyl (C=O) groups is 3. The highest BCUT2D eigenvalue weighted by Crippen LogP contribution is 2.18. The Morgan fingerprint density at radius 1 is 0.267 bits per heavy atom. The fraction of sp³-hybridized carbons (Fsp3) is 0.841. The first-order chi connectivity index (χ1) is 37.0. The predicted octanol–water partition coefficient (Wildman–Crippen LogP) is 22.6. The maximum absolute atomic E-state index is 12.9. The number of allylic oxidation sites excluding steroid dienone is 8. The lowest BCUT2D eigenvalue weighted by molar-refractivity contribution is -0.167. The van der Waals surface area contributed by atoms with Crippen LogP contribution < -0.4 is 0 Å². The molecule has 0 aromatic rings. The summed E-state index contributed by atoms with van der Waals surface area (Å²) in [6.07, 6.45) is 79.9. The highest BCUT2D eigenvalue weighted by Gasteiger charge is 2.19. The number of carbonyl (C=O) groups excluding carboxylic acids is 3.